The molecule has 0 bridgehead atoms. The average Bonchev–Trinajstić information content (AvgIpc) is 2.30. The summed E-state index contributed by atoms with van der Waals surface area (Å²) in [6.07, 6.45) is 0. The van der Waals surface area contributed by atoms with Crippen molar-refractivity contribution in [3.05, 3.63) is 29.3 Å². The van der Waals surface area contributed by atoms with Crippen LogP contribution in [0.5, 0.6) is 0 Å². The van der Waals surface area contributed by atoms with Crippen LogP contribution in [-0.4, -0.2) is 47.4 Å². The van der Waals surface area contributed by atoms with E-state index in [2.05, 4.69) is 5.32 Å². The van der Waals surface area contributed by atoms with Gasteiger partial charge in [-0.05, 0) is 24.3 Å². The molecule has 0 saturated heterocycles. The molecule has 0 saturated carbocycles. The molecule has 0 heterocycles. The molecule has 4 N–H and O–H groups in total. The van der Waals surface area contributed by atoms with Crippen LogP contribution in [0.25, 0.3) is 0 Å². The van der Waals surface area contributed by atoms with E-state index < -0.39 is 24.3 Å². The standard InChI is InChI=1S/C12H14ClN3O4/c13-8-1-3-9(4-2-8)15-11(18)6-16(5-10(14)17)7-12(19)20/h1-4H,5-7H2,(H2,14,17)(H,15,18)(H,19,20). The minimum Gasteiger partial charge on any atom is -0.480 e. The average molecular weight is 300 g/mol. The maximum atomic E-state index is 11.7. The van der Waals surface area contributed by atoms with Crippen LogP contribution in [0.1, 0.15) is 0 Å². The van der Waals surface area contributed by atoms with Crippen molar-refractivity contribution in [3.8, 4) is 0 Å². The lowest BCUT2D eigenvalue weighted by Crippen LogP contribution is -2.41. The molecule has 0 unspecified atom stereocenters. The number of carbonyl (C=O) groups excluding carboxylic acids is 2. The van der Waals surface area contributed by atoms with Crippen LogP contribution in [0.4, 0.5) is 5.69 Å². The molecule has 0 spiro atoms. The van der Waals surface area contributed by atoms with Crippen LogP contribution >= 0.6 is 11.6 Å². The maximum absolute atomic E-state index is 11.7. The number of nitrogens with zero attached hydrogens (tertiary/aromatic N) is 1. The summed E-state index contributed by atoms with van der Waals surface area (Å²) in [5.74, 6) is -2.30. The summed E-state index contributed by atoms with van der Waals surface area (Å²) in [4.78, 5) is 34.3. The Bertz CT molecular complexity index is 488. The SMILES string of the molecule is NC(=O)CN(CC(=O)O)CC(=O)Nc1ccc(Cl)cc1. The number of hydrogen-bond acceptors (Lipinski definition) is 4. The number of nitrogens with two attached hydrogens (primary N) is 1. The Kier molecular flexibility index (Phi) is 5.95. The number of carbonyl (C=O) groups is 3. The summed E-state index contributed by atoms with van der Waals surface area (Å²) < 4.78 is 0. The number of carboxylic acid groups (broad SMARTS) is 1. The number of primary amides is 1. The van der Waals surface area contributed by atoms with Crippen molar-refractivity contribution in [3.63, 3.8) is 0 Å². The van der Waals surface area contributed by atoms with Gasteiger partial charge in [-0.2, -0.15) is 0 Å². The molecule has 2 amide bonds. The van der Waals surface area contributed by atoms with E-state index in [0.717, 1.165) is 4.90 Å². The second-order valence-electron chi connectivity index (χ2n) is 4.06. The highest BCUT2D eigenvalue weighted by molar-refractivity contribution is 6.30. The number of nitrogens with one attached hydrogen (secondary N) is 1. The number of amides is 2. The number of benzene rings is 1. The van der Waals surface area contributed by atoms with Crippen LogP contribution in [-0.2, 0) is 14.4 Å². The van der Waals surface area contributed by atoms with Gasteiger partial charge in [0.2, 0.25) is 11.8 Å². The highest BCUT2D eigenvalue weighted by Gasteiger charge is 2.16. The smallest absolute Gasteiger partial charge is 0.317 e. The van der Waals surface area contributed by atoms with Crippen molar-refractivity contribution in [1.29, 1.82) is 0 Å². The van der Waals surface area contributed by atoms with Gasteiger partial charge in [-0.25, -0.2) is 0 Å². The molecule has 0 aliphatic heterocycles. The van der Waals surface area contributed by atoms with Gasteiger partial charge in [0.05, 0.1) is 19.6 Å². The second-order valence-corrected chi connectivity index (χ2v) is 4.50. The molecule has 0 fully saturated rings. The van der Waals surface area contributed by atoms with Gasteiger partial charge >= 0.3 is 5.97 Å². The Labute approximate surface area is 120 Å². The molecule has 108 valence electrons. The van der Waals surface area contributed by atoms with E-state index in [1.165, 1.54) is 0 Å². The fourth-order valence-corrected chi connectivity index (χ4v) is 1.64. The molecule has 1 aromatic rings. The van der Waals surface area contributed by atoms with E-state index >= 15 is 0 Å². The van der Waals surface area contributed by atoms with E-state index in [0.29, 0.717) is 10.7 Å². The quantitative estimate of drug-likeness (QED) is 0.663. The van der Waals surface area contributed by atoms with Crippen LogP contribution in [0.15, 0.2) is 24.3 Å². The number of halogens is 1. The topological polar surface area (TPSA) is 113 Å². The van der Waals surface area contributed by atoms with Crippen molar-refractivity contribution in [2.45, 2.75) is 0 Å². The molecule has 0 aromatic heterocycles. The van der Waals surface area contributed by atoms with Crippen molar-refractivity contribution < 1.29 is 19.5 Å². The lowest BCUT2D eigenvalue weighted by molar-refractivity contribution is -0.138. The van der Waals surface area contributed by atoms with Crippen LogP contribution in [0.2, 0.25) is 5.02 Å². The third-order valence-corrected chi connectivity index (χ3v) is 2.49. The minimum atomic E-state index is -1.15. The zero-order valence-corrected chi connectivity index (χ0v) is 11.3. The minimum absolute atomic E-state index is 0.252. The van der Waals surface area contributed by atoms with Gasteiger partial charge in [-0.15, -0.1) is 0 Å². The lowest BCUT2D eigenvalue weighted by atomic mass is 10.3. The molecular formula is C12H14ClN3O4. The van der Waals surface area contributed by atoms with Crippen molar-refractivity contribution in [2.75, 3.05) is 25.0 Å². The van der Waals surface area contributed by atoms with Crippen molar-refractivity contribution in [2.24, 2.45) is 5.73 Å². The van der Waals surface area contributed by atoms with Gasteiger partial charge in [0.15, 0.2) is 0 Å². The van der Waals surface area contributed by atoms with Gasteiger partial charge in [0.25, 0.3) is 0 Å². The summed E-state index contributed by atoms with van der Waals surface area (Å²) >= 11 is 5.71. The maximum Gasteiger partial charge on any atom is 0.317 e. The Morgan fingerprint density at radius 1 is 1.15 bits per heavy atom. The Morgan fingerprint density at radius 2 is 1.75 bits per heavy atom. The van der Waals surface area contributed by atoms with E-state index in [4.69, 9.17) is 22.4 Å². The van der Waals surface area contributed by atoms with Crippen molar-refractivity contribution in [1.82, 2.24) is 4.90 Å². The number of carboxylic acids is 1. The fraction of sp³-hybridized carbons (Fsp3) is 0.250. The van der Waals surface area contributed by atoms with E-state index in [-0.39, 0.29) is 13.1 Å². The summed E-state index contributed by atoms with van der Waals surface area (Å²) in [6.45, 7) is -1.00. The van der Waals surface area contributed by atoms with Gasteiger partial charge in [-0.3, -0.25) is 19.3 Å². The third kappa shape index (κ3) is 6.17. The highest BCUT2D eigenvalue weighted by atomic mass is 35.5. The Morgan fingerprint density at radius 3 is 2.25 bits per heavy atom. The summed E-state index contributed by atoms with van der Waals surface area (Å²) in [5, 5.41) is 11.8. The molecule has 8 heteroatoms. The molecule has 1 aromatic carbocycles. The predicted molar refractivity (Wildman–Crippen MR) is 73.4 cm³/mol. The van der Waals surface area contributed by atoms with Gasteiger partial charge in [-0.1, -0.05) is 11.6 Å². The zero-order valence-electron chi connectivity index (χ0n) is 10.5. The monoisotopic (exact) mass is 299 g/mol. The summed E-state index contributed by atoms with van der Waals surface area (Å²) in [5.41, 5.74) is 5.52. The van der Waals surface area contributed by atoms with E-state index in [1.807, 2.05) is 0 Å². The lowest BCUT2D eigenvalue weighted by Gasteiger charge is -2.17. The zero-order chi connectivity index (χ0) is 15.1. The number of aliphatic carboxylic acids is 1. The van der Waals surface area contributed by atoms with Crippen LogP contribution < -0.4 is 11.1 Å². The number of anilines is 1. The molecule has 0 radical (unpaired) electrons. The second kappa shape index (κ2) is 7.46. The summed E-state index contributed by atoms with van der Waals surface area (Å²) in [7, 11) is 0. The molecular weight excluding hydrogens is 286 g/mol. The Hall–Kier alpha value is -2.12. The molecule has 20 heavy (non-hydrogen) atoms. The number of rotatable bonds is 7. The molecule has 1 rings (SSSR count). The highest BCUT2D eigenvalue weighted by Crippen LogP contribution is 2.13. The first-order chi connectivity index (χ1) is 9.36. The largest absolute Gasteiger partial charge is 0.480 e. The first kappa shape index (κ1) is 15.9. The van der Waals surface area contributed by atoms with E-state index in [9.17, 15) is 14.4 Å². The molecule has 0 aliphatic carbocycles. The van der Waals surface area contributed by atoms with Gasteiger partial charge in [0, 0.05) is 10.7 Å². The van der Waals surface area contributed by atoms with Crippen LogP contribution in [0, 0.1) is 0 Å². The molecule has 7 nitrogen and oxygen atoms in total. The van der Waals surface area contributed by atoms with E-state index in [1.54, 1.807) is 24.3 Å². The van der Waals surface area contributed by atoms with Crippen molar-refractivity contribution >= 4 is 35.1 Å². The Balaban J connectivity index is 2.58. The van der Waals surface area contributed by atoms with Gasteiger partial charge < -0.3 is 16.2 Å². The molecule has 0 aliphatic rings. The first-order valence-corrected chi connectivity index (χ1v) is 6.02. The fourth-order valence-electron chi connectivity index (χ4n) is 1.52. The normalized spacial score (nSPS) is 10.3. The summed E-state index contributed by atoms with van der Waals surface area (Å²) in [6, 6.07) is 6.43. The molecule has 0 atom stereocenters. The predicted octanol–water partition coefficient (Wildman–Crippen LogP) is 0.150. The third-order valence-electron chi connectivity index (χ3n) is 2.23. The first-order valence-electron chi connectivity index (χ1n) is 5.64. The van der Waals surface area contributed by atoms with Crippen LogP contribution in [0.3, 0.4) is 0 Å². The van der Waals surface area contributed by atoms with Gasteiger partial charge in [0.1, 0.15) is 0 Å². The number of hydrogen-bond donors (Lipinski definition) is 3.